The Morgan fingerprint density at radius 2 is 2.11 bits per heavy atom. The Morgan fingerprint density at radius 3 is 2.74 bits per heavy atom. The average Bonchev–Trinajstić information content (AvgIpc) is 2.93. The largest absolute Gasteiger partial charge is 0.331 e. The molecule has 0 aromatic carbocycles. The van der Waals surface area contributed by atoms with E-state index in [2.05, 4.69) is 34.2 Å². The van der Waals surface area contributed by atoms with Crippen LogP contribution in [0, 0.1) is 13.8 Å². The maximum Gasteiger partial charge on any atom is 0.181 e. The molecule has 0 saturated carbocycles. The van der Waals surface area contributed by atoms with Crippen molar-refractivity contribution in [1.29, 1.82) is 0 Å². The van der Waals surface area contributed by atoms with Crippen LogP contribution in [-0.4, -0.2) is 19.5 Å². The maximum absolute atomic E-state index is 5.60. The van der Waals surface area contributed by atoms with E-state index in [0.29, 0.717) is 11.6 Å². The van der Waals surface area contributed by atoms with Crippen LogP contribution in [0.25, 0.3) is 21.7 Å². The summed E-state index contributed by atoms with van der Waals surface area (Å²) in [7, 11) is 1.91. The van der Waals surface area contributed by atoms with Crippen molar-refractivity contribution in [3.63, 3.8) is 0 Å². The number of nitrogen functional groups attached to an aromatic ring is 1. The lowest BCUT2D eigenvalue weighted by molar-refractivity contribution is 0.910. The third kappa shape index (κ3) is 1.78. The van der Waals surface area contributed by atoms with Gasteiger partial charge in [-0.25, -0.2) is 20.8 Å². The minimum Gasteiger partial charge on any atom is -0.331 e. The van der Waals surface area contributed by atoms with Crippen LogP contribution in [0.15, 0.2) is 12.5 Å². The number of hydrazine groups is 1. The molecule has 3 heterocycles. The van der Waals surface area contributed by atoms with Gasteiger partial charge < -0.3 is 9.99 Å². The van der Waals surface area contributed by atoms with Gasteiger partial charge in [-0.15, -0.1) is 11.3 Å². The first-order chi connectivity index (χ1) is 9.11. The molecule has 0 saturated heterocycles. The van der Waals surface area contributed by atoms with Gasteiger partial charge in [0.15, 0.2) is 11.6 Å². The molecule has 98 valence electrons. The second kappa shape index (κ2) is 4.29. The van der Waals surface area contributed by atoms with Gasteiger partial charge in [-0.2, -0.15) is 0 Å². The summed E-state index contributed by atoms with van der Waals surface area (Å²) in [5.74, 6) is 6.88. The summed E-state index contributed by atoms with van der Waals surface area (Å²) in [6, 6.07) is 0. The average molecular weight is 274 g/mol. The number of aromatic nitrogens is 4. The van der Waals surface area contributed by atoms with Gasteiger partial charge >= 0.3 is 0 Å². The summed E-state index contributed by atoms with van der Waals surface area (Å²) in [4.78, 5) is 15.4. The van der Waals surface area contributed by atoms with Crippen LogP contribution >= 0.6 is 11.3 Å². The van der Waals surface area contributed by atoms with Crippen LogP contribution in [0.1, 0.15) is 10.4 Å². The number of thiophene rings is 1. The molecule has 0 aliphatic heterocycles. The second-order valence-corrected chi connectivity index (χ2v) is 5.60. The normalized spacial score (nSPS) is 11.2. The Morgan fingerprint density at radius 1 is 1.32 bits per heavy atom. The van der Waals surface area contributed by atoms with Crippen LogP contribution in [0.2, 0.25) is 0 Å². The molecule has 0 amide bonds. The number of imidazole rings is 1. The molecule has 0 radical (unpaired) electrons. The molecule has 0 unspecified atom stereocenters. The number of rotatable bonds is 2. The zero-order valence-electron chi connectivity index (χ0n) is 10.9. The Bertz CT molecular complexity index is 757. The van der Waals surface area contributed by atoms with Crippen LogP contribution in [0.3, 0.4) is 0 Å². The highest BCUT2D eigenvalue weighted by molar-refractivity contribution is 7.18. The van der Waals surface area contributed by atoms with Crippen molar-refractivity contribution in [3.8, 4) is 11.5 Å². The van der Waals surface area contributed by atoms with Crippen LogP contribution in [-0.2, 0) is 7.05 Å². The fourth-order valence-corrected chi connectivity index (χ4v) is 3.07. The van der Waals surface area contributed by atoms with Crippen molar-refractivity contribution in [1.82, 2.24) is 19.5 Å². The lowest BCUT2D eigenvalue weighted by atomic mass is 10.2. The monoisotopic (exact) mass is 274 g/mol. The van der Waals surface area contributed by atoms with E-state index < -0.39 is 0 Å². The number of aryl methyl sites for hydroxylation is 3. The van der Waals surface area contributed by atoms with Crippen LogP contribution in [0.4, 0.5) is 5.82 Å². The van der Waals surface area contributed by atoms with Crippen molar-refractivity contribution in [3.05, 3.63) is 23.0 Å². The fourth-order valence-electron chi connectivity index (χ4n) is 2.04. The number of nitrogens with one attached hydrogen (secondary N) is 1. The van der Waals surface area contributed by atoms with E-state index in [9.17, 15) is 0 Å². The lowest BCUT2D eigenvalue weighted by Gasteiger charge is -2.06. The SMILES string of the molecule is Cc1sc2nc(-c3cncn3C)nc(NN)c2c1C. The van der Waals surface area contributed by atoms with Crippen molar-refractivity contribution < 1.29 is 0 Å². The topological polar surface area (TPSA) is 81.7 Å². The van der Waals surface area contributed by atoms with Gasteiger partial charge in [0.1, 0.15) is 10.5 Å². The van der Waals surface area contributed by atoms with E-state index in [0.717, 1.165) is 15.9 Å². The molecule has 3 N–H and O–H groups in total. The number of nitrogens with zero attached hydrogens (tertiary/aromatic N) is 4. The van der Waals surface area contributed by atoms with E-state index >= 15 is 0 Å². The molecule has 3 aromatic rings. The van der Waals surface area contributed by atoms with E-state index in [-0.39, 0.29) is 0 Å². The molecule has 0 fully saturated rings. The number of fused-ring (bicyclic) bond motifs is 1. The molecule has 0 aliphatic rings. The Hall–Kier alpha value is -1.99. The van der Waals surface area contributed by atoms with Crippen LogP contribution < -0.4 is 11.3 Å². The summed E-state index contributed by atoms with van der Waals surface area (Å²) < 4.78 is 1.88. The van der Waals surface area contributed by atoms with Crippen molar-refractivity contribution in [2.45, 2.75) is 13.8 Å². The number of hydrogen-bond acceptors (Lipinski definition) is 6. The quantitative estimate of drug-likeness (QED) is 0.551. The summed E-state index contributed by atoms with van der Waals surface area (Å²) in [6.45, 7) is 4.13. The minimum atomic E-state index is 0.627. The predicted molar refractivity (Wildman–Crippen MR) is 76.9 cm³/mol. The van der Waals surface area contributed by atoms with Gasteiger partial charge in [-0.3, -0.25) is 0 Å². The van der Waals surface area contributed by atoms with E-state index in [4.69, 9.17) is 5.84 Å². The first-order valence-corrected chi connectivity index (χ1v) is 6.64. The highest BCUT2D eigenvalue weighted by Crippen LogP contribution is 2.34. The highest BCUT2D eigenvalue weighted by atomic mass is 32.1. The summed E-state index contributed by atoms with van der Waals surface area (Å²) in [6.07, 6.45) is 3.47. The van der Waals surface area contributed by atoms with E-state index in [1.807, 2.05) is 11.6 Å². The molecule has 19 heavy (non-hydrogen) atoms. The molecule has 3 rings (SSSR count). The molecule has 0 spiro atoms. The molecule has 6 nitrogen and oxygen atoms in total. The van der Waals surface area contributed by atoms with Crippen LogP contribution in [0.5, 0.6) is 0 Å². The standard InChI is InChI=1S/C12H14N6S/c1-6-7(2)19-12-9(6)11(17-13)15-10(16-12)8-4-14-5-18(8)3/h4-5H,13H2,1-3H3,(H,15,16,17). The highest BCUT2D eigenvalue weighted by Gasteiger charge is 2.16. The lowest BCUT2D eigenvalue weighted by Crippen LogP contribution is -2.10. The van der Waals surface area contributed by atoms with E-state index in [1.165, 1.54) is 10.4 Å². The second-order valence-electron chi connectivity index (χ2n) is 4.39. The Labute approximate surface area is 114 Å². The summed E-state index contributed by atoms with van der Waals surface area (Å²) in [5, 5.41) is 0.996. The number of anilines is 1. The van der Waals surface area contributed by atoms with Gasteiger partial charge in [-0.05, 0) is 19.4 Å². The fraction of sp³-hybridized carbons (Fsp3) is 0.250. The van der Waals surface area contributed by atoms with Crippen molar-refractivity contribution >= 4 is 27.4 Å². The number of nitrogens with two attached hydrogens (primary N) is 1. The van der Waals surface area contributed by atoms with Crippen molar-refractivity contribution in [2.75, 3.05) is 5.43 Å². The molecular formula is C12H14N6S. The first kappa shape index (κ1) is 12.1. The summed E-state index contributed by atoms with van der Waals surface area (Å²) >= 11 is 1.65. The smallest absolute Gasteiger partial charge is 0.181 e. The molecule has 3 aromatic heterocycles. The van der Waals surface area contributed by atoms with Gasteiger partial charge in [0.05, 0.1) is 17.9 Å². The minimum absolute atomic E-state index is 0.627. The van der Waals surface area contributed by atoms with Gasteiger partial charge in [0, 0.05) is 11.9 Å². The maximum atomic E-state index is 5.60. The zero-order chi connectivity index (χ0) is 13.6. The molecule has 0 atom stereocenters. The summed E-state index contributed by atoms with van der Waals surface area (Å²) in [5.41, 5.74) is 4.71. The predicted octanol–water partition coefficient (Wildman–Crippen LogP) is 1.99. The molecule has 0 bridgehead atoms. The van der Waals surface area contributed by atoms with Crippen molar-refractivity contribution in [2.24, 2.45) is 12.9 Å². The first-order valence-electron chi connectivity index (χ1n) is 5.83. The zero-order valence-corrected chi connectivity index (χ0v) is 11.7. The Balaban J connectivity index is 2.32. The third-order valence-electron chi connectivity index (χ3n) is 3.21. The van der Waals surface area contributed by atoms with Gasteiger partial charge in [-0.1, -0.05) is 0 Å². The third-order valence-corrected chi connectivity index (χ3v) is 4.31. The number of hydrogen-bond donors (Lipinski definition) is 2. The molecular weight excluding hydrogens is 260 g/mol. The molecule has 7 heteroatoms. The van der Waals surface area contributed by atoms with Gasteiger partial charge in [0.25, 0.3) is 0 Å². The molecule has 0 aliphatic carbocycles. The van der Waals surface area contributed by atoms with Gasteiger partial charge in [0.2, 0.25) is 0 Å². The van der Waals surface area contributed by atoms with E-state index in [1.54, 1.807) is 23.9 Å². The Kier molecular flexibility index (Phi) is 2.72.